The molecule has 1 amide bonds. The molecule has 1 aliphatic heterocycles. The molecule has 0 atom stereocenters. The smallest absolute Gasteiger partial charge is 0.264 e. The van der Waals surface area contributed by atoms with Gasteiger partial charge in [-0.1, -0.05) is 23.7 Å². The van der Waals surface area contributed by atoms with Crippen LogP contribution < -0.4 is 5.32 Å². The fourth-order valence-corrected chi connectivity index (χ4v) is 2.92. The molecule has 2 N–H and O–H groups in total. The Bertz CT molecular complexity index is 852. The Balaban J connectivity index is 1.90. The fourth-order valence-electron chi connectivity index (χ4n) is 1.91. The van der Waals surface area contributed by atoms with E-state index in [-0.39, 0.29) is 22.5 Å². The van der Waals surface area contributed by atoms with Crippen LogP contribution in [0.4, 0.5) is 10.1 Å². The Labute approximate surface area is 140 Å². The number of carbonyl (C=O) groups excluding carboxylic acids is 1. The Morgan fingerprint density at radius 1 is 1.26 bits per heavy atom. The predicted octanol–water partition coefficient (Wildman–Crippen LogP) is 4.08. The van der Waals surface area contributed by atoms with E-state index in [2.05, 4.69) is 10.3 Å². The molecule has 7 heteroatoms. The van der Waals surface area contributed by atoms with Gasteiger partial charge in [-0.3, -0.25) is 4.79 Å². The van der Waals surface area contributed by atoms with Crippen LogP contribution in [-0.4, -0.2) is 16.2 Å². The van der Waals surface area contributed by atoms with Crippen molar-refractivity contribution in [1.29, 1.82) is 0 Å². The standard InChI is InChI=1S/C16H10ClFN2O2S/c17-10-5-6-13(21)9(7-10)8-14-15(22)20-16(23-14)19-12-4-2-1-3-11(12)18/h1-8,21H,(H,19,20,22)/b14-8-. The number of phenols is 1. The summed E-state index contributed by atoms with van der Waals surface area (Å²) in [5.74, 6) is -0.834. The second kappa shape index (κ2) is 6.44. The highest BCUT2D eigenvalue weighted by Crippen LogP contribution is 2.31. The first kappa shape index (κ1) is 15.6. The number of benzene rings is 2. The second-order valence-corrected chi connectivity index (χ2v) is 6.10. The van der Waals surface area contributed by atoms with E-state index in [1.165, 1.54) is 24.3 Å². The quantitative estimate of drug-likeness (QED) is 0.804. The largest absolute Gasteiger partial charge is 0.507 e. The van der Waals surface area contributed by atoms with Crippen LogP contribution >= 0.6 is 23.4 Å². The van der Waals surface area contributed by atoms with E-state index in [1.807, 2.05) is 0 Å². The Hall–Kier alpha value is -2.31. The van der Waals surface area contributed by atoms with Crippen LogP contribution in [0.25, 0.3) is 6.08 Å². The number of nitrogens with one attached hydrogen (secondary N) is 1. The number of thioether (sulfide) groups is 1. The molecule has 4 nitrogen and oxygen atoms in total. The fraction of sp³-hybridized carbons (Fsp3) is 0. The van der Waals surface area contributed by atoms with Gasteiger partial charge in [0.1, 0.15) is 17.3 Å². The number of carbonyl (C=O) groups is 1. The van der Waals surface area contributed by atoms with Gasteiger partial charge in [0.15, 0.2) is 5.17 Å². The summed E-state index contributed by atoms with van der Waals surface area (Å²) in [5.41, 5.74) is 0.560. The zero-order chi connectivity index (χ0) is 16.4. The lowest BCUT2D eigenvalue weighted by atomic mass is 10.2. The summed E-state index contributed by atoms with van der Waals surface area (Å²) in [6, 6.07) is 10.6. The lowest BCUT2D eigenvalue weighted by Crippen LogP contribution is -2.19. The van der Waals surface area contributed by atoms with Crippen molar-refractivity contribution in [2.45, 2.75) is 0 Å². The zero-order valence-electron chi connectivity index (χ0n) is 11.6. The van der Waals surface area contributed by atoms with Crippen LogP contribution in [0.3, 0.4) is 0 Å². The van der Waals surface area contributed by atoms with Gasteiger partial charge in [0.25, 0.3) is 5.91 Å². The van der Waals surface area contributed by atoms with Crippen LogP contribution in [0.2, 0.25) is 5.02 Å². The summed E-state index contributed by atoms with van der Waals surface area (Å²) in [6.07, 6.45) is 1.51. The van der Waals surface area contributed by atoms with E-state index in [1.54, 1.807) is 24.3 Å². The molecular formula is C16H10ClFN2O2S. The average molecular weight is 349 g/mol. The molecule has 0 aromatic heterocycles. The Morgan fingerprint density at radius 2 is 2.04 bits per heavy atom. The molecule has 116 valence electrons. The van der Waals surface area contributed by atoms with Crippen LogP contribution in [0.1, 0.15) is 5.56 Å². The van der Waals surface area contributed by atoms with Gasteiger partial charge in [0.2, 0.25) is 0 Å². The van der Waals surface area contributed by atoms with Crippen molar-refractivity contribution in [1.82, 2.24) is 5.32 Å². The van der Waals surface area contributed by atoms with Crippen molar-refractivity contribution in [3.8, 4) is 5.75 Å². The van der Waals surface area contributed by atoms with Crippen LogP contribution in [-0.2, 0) is 4.79 Å². The van der Waals surface area contributed by atoms with E-state index in [9.17, 15) is 14.3 Å². The minimum absolute atomic E-state index is 0.00907. The number of halogens is 2. The van der Waals surface area contributed by atoms with Crippen molar-refractivity contribution >= 4 is 46.2 Å². The van der Waals surface area contributed by atoms with Gasteiger partial charge in [-0.25, -0.2) is 9.38 Å². The molecular weight excluding hydrogens is 339 g/mol. The number of nitrogens with zero attached hydrogens (tertiary/aromatic N) is 1. The second-order valence-electron chi connectivity index (χ2n) is 4.64. The molecule has 0 aliphatic carbocycles. The van der Waals surface area contributed by atoms with Crippen molar-refractivity contribution in [2.24, 2.45) is 4.99 Å². The minimum atomic E-state index is -0.472. The highest BCUT2D eigenvalue weighted by atomic mass is 35.5. The molecule has 0 spiro atoms. The molecule has 1 heterocycles. The number of para-hydroxylation sites is 1. The molecule has 0 saturated carbocycles. The van der Waals surface area contributed by atoms with Gasteiger partial charge >= 0.3 is 0 Å². The molecule has 2 aromatic carbocycles. The first-order valence-corrected chi connectivity index (χ1v) is 7.75. The van der Waals surface area contributed by atoms with Crippen molar-refractivity contribution < 1.29 is 14.3 Å². The zero-order valence-corrected chi connectivity index (χ0v) is 13.2. The first-order valence-electron chi connectivity index (χ1n) is 6.55. The number of phenolic OH excluding ortho intramolecular Hbond substituents is 1. The number of aliphatic imine (C=N–C) groups is 1. The third-order valence-corrected chi connectivity index (χ3v) is 4.15. The summed E-state index contributed by atoms with van der Waals surface area (Å²) in [6.45, 7) is 0. The highest BCUT2D eigenvalue weighted by Gasteiger charge is 2.24. The molecule has 1 fully saturated rings. The average Bonchev–Trinajstić information content (AvgIpc) is 2.85. The molecule has 1 saturated heterocycles. The van der Waals surface area contributed by atoms with Crippen molar-refractivity contribution in [2.75, 3.05) is 0 Å². The van der Waals surface area contributed by atoms with E-state index in [0.717, 1.165) is 11.8 Å². The summed E-state index contributed by atoms with van der Waals surface area (Å²) >= 11 is 6.94. The lowest BCUT2D eigenvalue weighted by molar-refractivity contribution is -0.115. The number of hydrogen-bond acceptors (Lipinski definition) is 4. The maximum Gasteiger partial charge on any atom is 0.264 e. The maximum atomic E-state index is 13.6. The summed E-state index contributed by atoms with van der Waals surface area (Å²) in [4.78, 5) is 16.4. The number of rotatable bonds is 2. The summed E-state index contributed by atoms with van der Waals surface area (Å²) in [7, 11) is 0. The molecule has 1 aliphatic rings. The van der Waals surface area contributed by atoms with Crippen LogP contribution in [0.15, 0.2) is 52.4 Å². The normalized spacial score (nSPS) is 17.7. The molecule has 23 heavy (non-hydrogen) atoms. The number of hydrogen-bond donors (Lipinski definition) is 2. The van der Waals surface area contributed by atoms with Gasteiger partial charge in [-0.2, -0.15) is 0 Å². The van der Waals surface area contributed by atoms with Gasteiger partial charge in [0, 0.05) is 10.6 Å². The highest BCUT2D eigenvalue weighted by molar-refractivity contribution is 8.18. The first-order chi connectivity index (χ1) is 11.0. The number of aromatic hydroxyl groups is 1. The van der Waals surface area contributed by atoms with Gasteiger partial charge in [-0.05, 0) is 48.2 Å². The van der Waals surface area contributed by atoms with Crippen LogP contribution in [0, 0.1) is 5.82 Å². The summed E-state index contributed by atoms with van der Waals surface area (Å²) < 4.78 is 13.6. The molecule has 0 radical (unpaired) electrons. The maximum absolute atomic E-state index is 13.6. The number of amides is 1. The predicted molar refractivity (Wildman–Crippen MR) is 90.3 cm³/mol. The van der Waals surface area contributed by atoms with Crippen LogP contribution in [0.5, 0.6) is 5.75 Å². The molecule has 2 aromatic rings. The lowest BCUT2D eigenvalue weighted by Gasteiger charge is -2.00. The number of amidine groups is 1. The van der Waals surface area contributed by atoms with Crippen molar-refractivity contribution in [3.63, 3.8) is 0 Å². The Kier molecular flexibility index (Phi) is 4.36. The summed E-state index contributed by atoms with van der Waals surface area (Å²) in [5, 5.41) is 13.1. The topological polar surface area (TPSA) is 61.7 Å². The SMILES string of the molecule is O=C1NC(=Nc2ccccc2F)S/C1=C\c1cc(Cl)ccc1O. The Morgan fingerprint density at radius 3 is 2.83 bits per heavy atom. The van der Waals surface area contributed by atoms with E-state index < -0.39 is 5.82 Å². The van der Waals surface area contributed by atoms with Gasteiger partial charge < -0.3 is 10.4 Å². The van der Waals surface area contributed by atoms with Gasteiger partial charge in [0.05, 0.1) is 4.91 Å². The van der Waals surface area contributed by atoms with E-state index in [4.69, 9.17) is 11.6 Å². The van der Waals surface area contributed by atoms with Gasteiger partial charge in [-0.15, -0.1) is 0 Å². The monoisotopic (exact) mass is 348 g/mol. The van der Waals surface area contributed by atoms with E-state index in [0.29, 0.717) is 15.5 Å². The third kappa shape index (κ3) is 3.55. The molecule has 0 unspecified atom stereocenters. The molecule has 0 bridgehead atoms. The minimum Gasteiger partial charge on any atom is -0.507 e. The van der Waals surface area contributed by atoms with E-state index >= 15 is 0 Å². The van der Waals surface area contributed by atoms with Crippen molar-refractivity contribution in [3.05, 3.63) is 63.8 Å². The third-order valence-electron chi connectivity index (χ3n) is 3.00. The molecule has 3 rings (SSSR count).